The molecule has 0 radical (unpaired) electrons. The van der Waals surface area contributed by atoms with Gasteiger partial charge in [0.2, 0.25) is 0 Å². The largest absolute Gasteiger partial charge is 0.463 e. The second kappa shape index (κ2) is 9.36. The van der Waals surface area contributed by atoms with Gasteiger partial charge in [-0.05, 0) is 38.0 Å². The summed E-state index contributed by atoms with van der Waals surface area (Å²) in [5.41, 5.74) is 0.693. The summed E-state index contributed by atoms with van der Waals surface area (Å²) in [4.78, 5) is 11.6. The van der Waals surface area contributed by atoms with Crippen molar-refractivity contribution in [3.8, 4) is 0 Å². The molecule has 0 spiro atoms. The quantitative estimate of drug-likeness (QED) is 0.400. The number of hydrogen-bond acceptors (Lipinski definition) is 5. The van der Waals surface area contributed by atoms with Gasteiger partial charge in [0.25, 0.3) is 0 Å². The van der Waals surface area contributed by atoms with Crippen molar-refractivity contribution in [2.45, 2.75) is 45.0 Å². The fraction of sp³-hybridized carbons (Fsp3) is 0.500. The number of ether oxygens (including phenoxy) is 1. The van der Waals surface area contributed by atoms with Crippen molar-refractivity contribution >= 4 is 33.3 Å². The molecule has 6 nitrogen and oxygen atoms in total. The summed E-state index contributed by atoms with van der Waals surface area (Å²) >= 11 is 0.712. The van der Waals surface area contributed by atoms with Gasteiger partial charge in [-0.25, -0.2) is 4.18 Å². The second-order valence-corrected chi connectivity index (χ2v) is 6.48. The molecule has 1 unspecified atom stereocenters. The number of aliphatic hydroxyl groups excluding tert-OH is 1. The van der Waals surface area contributed by atoms with Gasteiger partial charge in [-0.15, -0.1) is 0 Å². The average Bonchev–Trinajstić information content (AvgIpc) is 2.39. The van der Waals surface area contributed by atoms with Gasteiger partial charge in [-0.3, -0.25) is 9.35 Å². The molecule has 0 aliphatic carbocycles. The zero-order valence-electron chi connectivity index (χ0n) is 12.3. The van der Waals surface area contributed by atoms with Gasteiger partial charge < -0.3 is 9.84 Å². The SMILES string of the molecule is CC(C)OC(=O)CC[C@H](c1ccc(Br)cc1)[C@@H](O)OS(=O)O. The number of esters is 1. The molecule has 0 amide bonds. The van der Waals surface area contributed by atoms with E-state index in [0.29, 0.717) is 5.56 Å². The van der Waals surface area contributed by atoms with E-state index in [4.69, 9.17) is 9.29 Å². The Morgan fingerprint density at radius 2 is 1.91 bits per heavy atom. The van der Waals surface area contributed by atoms with Gasteiger partial charge in [0, 0.05) is 16.8 Å². The summed E-state index contributed by atoms with van der Waals surface area (Å²) in [6.07, 6.45) is -1.42. The van der Waals surface area contributed by atoms with E-state index in [2.05, 4.69) is 20.1 Å². The first-order valence-electron chi connectivity index (χ1n) is 6.70. The third kappa shape index (κ3) is 6.97. The van der Waals surface area contributed by atoms with E-state index in [1.165, 1.54) is 0 Å². The Morgan fingerprint density at radius 3 is 2.41 bits per heavy atom. The summed E-state index contributed by atoms with van der Waals surface area (Å²) in [6, 6.07) is 7.04. The first-order valence-corrected chi connectivity index (χ1v) is 8.53. The van der Waals surface area contributed by atoms with E-state index < -0.39 is 29.5 Å². The van der Waals surface area contributed by atoms with Crippen LogP contribution in [0.3, 0.4) is 0 Å². The molecule has 2 N–H and O–H groups in total. The molecule has 22 heavy (non-hydrogen) atoms. The van der Waals surface area contributed by atoms with Crippen molar-refractivity contribution in [1.29, 1.82) is 0 Å². The third-order valence-corrected chi connectivity index (χ3v) is 3.74. The molecule has 1 rings (SSSR count). The molecular weight excluding hydrogens is 376 g/mol. The van der Waals surface area contributed by atoms with Crippen molar-refractivity contribution in [1.82, 2.24) is 0 Å². The van der Waals surface area contributed by atoms with E-state index in [0.717, 1.165) is 4.47 Å². The predicted octanol–water partition coefficient (Wildman–Crippen LogP) is 2.74. The van der Waals surface area contributed by atoms with Crippen LogP contribution in [-0.4, -0.2) is 32.2 Å². The Morgan fingerprint density at radius 1 is 1.32 bits per heavy atom. The van der Waals surface area contributed by atoms with Crippen molar-refractivity contribution in [3.63, 3.8) is 0 Å². The van der Waals surface area contributed by atoms with Gasteiger partial charge in [0.15, 0.2) is 6.29 Å². The Kier molecular flexibility index (Phi) is 8.19. The van der Waals surface area contributed by atoms with Gasteiger partial charge in [0.05, 0.1) is 6.10 Å². The molecule has 0 aromatic heterocycles. The van der Waals surface area contributed by atoms with Crippen LogP contribution in [-0.2, 0) is 25.1 Å². The summed E-state index contributed by atoms with van der Waals surface area (Å²) in [5, 5.41) is 9.96. The monoisotopic (exact) mass is 394 g/mol. The first-order chi connectivity index (χ1) is 10.3. The highest BCUT2D eigenvalue weighted by Gasteiger charge is 2.25. The molecule has 0 bridgehead atoms. The number of halogens is 1. The Balaban J connectivity index is 2.80. The molecular formula is C14H19BrO6S. The molecule has 0 heterocycles. The van der Waals surface area contributed by atoms with Crippen LogP contribution in [0.4, 0.5) is 0 Å². The van der Waals surface area contributed by atoms with Crippen LogP contribution in [0.1, 0.15) is 38.2 Å². The van der Waals surface area contributed by atoms with Crippen molar-refractivity contribution in [3.05, 3.63) is 34.3 Å². The van der Waals surface area contributed by atoms with Crippen LogP contribution >= 0.6 is 15.9 Å². The lowest BCUT2D eigenvalue weighted by Gasteiger charge is -2.21. The molecule has 0 fully saturated rings. The third-order valence-electron chi connectivity index (χ3n) is 2.85. The molecule has 1 aromatic carbocycles. The number of aliphatic hydroxyl groups is 1. The lowest BCUT2D eigenvalue weighted by Crippen LogP contribution is -2.24. The number of hydrogen-bond donors (Lipinski definition) is 2. The lowest BCUT2D eigenvalue weighted by molar-refractivity contribution is -0.147. The standard InChI is InChI=1S/C14H19BrO6S/c1-9(2)20-13(16)8-7-12(14(17)21-22(18)19)10-3-5-11(15)6-4-10/h3-6,9,12,14,17H,7-8H2,1-2H3,(H,18,19)/t12-,14+/m1/s1. The summed E-state index contributed by atoms with van der Waals surface area (Å²) < 4.78 is 29.9. The second-order valence-electron chi connectivity index (χ2n) is 4.94. The normalized spacial score (nSPS) is 15.4. The fourth-order valence-electron chi connectivity index (χ4n) is 1.93. The minimum atomic E-state index is -2.59. The van der Waals surface area contributed by atoms with Gasteiger partial charge in [-0.2, -0.15) is 4.21 Å². The minimum absolute atomic E-state index is 0.0669. The van der Waals surface area contributed by atoms with Crippen molar-refractivity contribution in [2.75, 3.05) is 0 Å². The predicted molar refractivity (Wildman–Crippen MR) is 85.2 cm³/mol. The maximum absolute atomic E-state index is 11.6. The van der Waals surface area contributed by atoms with Crippen LogP contribution in [0.5, 0.6) is 0 Å². The van der Waals surface area contributed by atoms with Crippen molar-refractivity contribution in [2.24, 2.45) is 0 Å². The van der Waals surface area contributed by atoms with Crippen LogP contribution in [0.15, 0.2) is 28.7 Å². The topological polar surface area (TPSA) is 93.1 Å². The average molecular weight is 395 g/mol. The van der Waals surface area contributed by atoms with Crippen LogP contribution in [0.2, 0.25) is 0 Å². The fourth-order valence-corrected chi connectivity index (χ4v) is 2.50. The summed E-state index contributed by atoms with van der Waals surface area (Å²) in [5.74, 6) is -1.02. The molecule has 0 aliphatic heterocycles. The Labute approximate surface area is 140 Å². The molecule has 1 aromatic rings. The minimum Gasteiger partial charge on any atom is -0.463 e. The highest BCUT2D eigenvalue weighted by atomic mass is 79.9. The number of benzene rings is 1. The maximum Gasteiger partial charge on any atom is 0.306 e. The highest BCUT2D eigenvalue weighted by molar-refractivity contribution is 9.10. The highest BCUT2D eigenvalue weighted by Crippen LogP contribution is 2.28. The van der Waals surface area contributed by atoms with E-state index in [9.17, 15) is 14.1 Å². The van der Waals surface area contributed by atoms with Gasteiger partial charge in [0.1, 0.15) is 0 Å². The Bertz CT molecular complexity index is 505. The van der Waals surface area contributed by atoms with E-state index in [1.807, 2.05) is 0 Å². The molecule has 0 aliphatic rings. The van der Waals surface area contributed by atoms with Crippen LogP contribution in [0, 0.1) is 0 Å². The van der Waals surface area contributed by atoms with E-state index >= 15 is 0 Å². The van der Waals surface area contributed by atoms with Crippen LogP contribution in [0.25, 0.3) is 0 Å². The van der Waals surface area contributed by atoms with Crippen molar-refractivity contribution < 1.29 is 27.6 Å². The number of carbonyl (C=O) groups is 1. The summed E-state index contributed by atoms with van der Waals surface area (Å²) in [6.45, 7) is 3.49. The molecule has 124 valence electrons. The lowest BCUT2D eigenvalue weighted by atomic mass is 9.94. The first kappa shape index (κ1) is 19.2. The number of rotatable bonds is 8. The van der Waals surface area contributed by atoms with E-state index in [1.54, 1.807) is 38.1 Å². The smallest absolute Gasteiger partial charge is 0.306 e. The molecule has 3 atom stereocenters. The maximum atomic E-state index is 11.6. The number of carbonyl (C=O) groups excluding carboxylic acids is 1. The Hall–Kier alpha value is -0.800. The van der Waals surface area contributed by atoms with Gasteiger partial charge >= 0.3 is 17.3 Å². The summed E-state index contributed by atoms with van der Waals surface area (Å²) in [7, 11) is 0. The van der Waals surface area contributed by atoms with Crippen LogP contribution < -0.4 is 0 Å². The molecule has 0 saturated heterocycles. The molecule has 0 saturated carbocycles. The zero-order valence-corrected chi connectivity index (χ0v) is 14.7. The van der Waals surface area contributed by atoms with Gasteiger partial charge in [-0.1, -0.05) is 28.1 Å². The zero-order chi connectivity index (χ0) is 16.7. The van der Waals surface area contributed by atoms with E-state index in [-0.39, 0.29) is 18.9 Å². The molecule has 8 heteroatoms.